The molecule has 1 aromatic heterocycles. The zero-order chi connectivity index (χ0) is 27.5. The molecule has 192 valence electrons. The molecule has 0 unspecified atom stereocenters. The van der Waals surface area contributed by atoms with Crippen molar-refractivity contribution in [2.75, 3.05) is 0 Å². The third-order valence-electron chi connectivity index (χ3n) is 7.34. The van der Waals surface area contributed by atoms with Crippen LogP contribution in [0.5, 0.6) is 0 Å². The van der Waals surface area contributed by atoms with E-state index < -0.39 is 5.97 Å². The summed E-state index contributed by atoms with van der Waals surface area (Å²) in [6, 6.07) is 31.3. The van der Waals surface area contributed by atoms with Crippen LogP contribution < -0.4 is 5.32 Å². The lowest BCUT2D eigenvalue weighted by atomic mass is 9.99. The largest absolute Gasteiger partial charge is 0.478 e. The van der Waals surface area contributed by atoms with Gasteiger partial charge in [-0.15, -0.1) is 0 Å². The van der Waals surface area contributed by atoms with Crippen LogP contribution in [0.15, 0.2) is 97.6 Å². The van der Waals surface area contributed by atoms with Crippen LogP contribution in [0.1, 0.15) is 43.9 Å². The van der Waals surface area contributed by atoms with E-state index >= 15 is 0 Å². The number of aryl methyl sites for hydroxylation is 1. The lowest BCUT2D eigenvalue weighted by Crippen LogP contribution is -2.10. The van der Waals surface area contributed by atoms with E-state index in [4.69, 9.17) is 5.26 Å². The Morgan fingerprint density at radius 2 is 1.64 bits per heavy atom. The van der Waals surface area contributed by atoms with Gasteiger partial charge in [-0.2, -0.15) is 5.26 Å². The number of carbonyl (C=O) groups is 1. The number of aromatic carboxylic acids is 1. The number of nitrogens with one attached hydrogen (secondary N) is 1. The summed E-state index contributed by atoms with van der Waals surface area (Å²) in [5.41, 5.74) is 10.3. The van der Waals surface area contributed by atoms with Crippen molar-refractivity contribution < 1.29 is 9.90 Å². The minimum atomic E-state index is -0.925. The molecule has 5 aromatic rings. The quantitative estimate of drug-likeness (QED) is 0.229. The van der Waals surface area contributed by atoms with Crippen LogP contribution in [0.2, 0.25) is 0 Å². The molecule has 1 heterocycles. The van der Waals surface area contributed by atoms with E-state index in [2.05, 4.69) is 66.7 Å². The van der Waals surface area contributed by atoms with Gasteiger partial charge >= 0.3 is 5.97 Å². The molecule has 5 rings (SSSR count). The molecule has 0 bridgehead atoms. The summed E-state index contributed by atoms with van der Waals surface area (Å²) < 4.78 is 2.32. The summed E-state index contributed by atoms with van der Waals surface area (Å²) in [5, 5.41) is 23.1. The van der Waals surface area contributed by atoms with Gasteiger partial charge in [-0.1, -0.05) is 67.2 Å². The molecular weight excluding hydrogens is 482 g/mol. The first-order valence-electron chi connectivity index (χ1n) is 12.8. The number of aromatic nitrogens is 1. The summed E-state index contributed by atoms with van der Waals surface area (Å²) in [7, 11) is 0. The topological polar surface area (TPSA) is 78.0 Å². The molecule has 0 saturated carbocycles. The van der Waals surface area contributed by atoms with Gasteiger partial charge in [0.25, 0.3) is 0 Å². The Morgan fingerprint density at radius 1 is 0.949 bits per heavy atom. The highest BCUT2D eigenvalue weighted by atomic mass is 16.4. The average molecular weight is 512 g/mol. The fourth-order valence-electron chi connectivity index (χ4n) is 4.94. The van der Waals surface area contributed by atoms with Crippen LogP contribution in [-0.4, -0.2) is 15.6 Å². The Labute approximate surface area is 228 Å². The van der Waals surface area contributed by atoms with Gasteiger partial charge in [0.15, 0.2) is 0 Å². The van der Waals surface area contributed by atoms with E-state index in [-0.39, 0.29) is 0 Å². The van der Waals surface area contributed by atoms with Gasteiger partial charge in [0.05, 0.1) is 17.2 Å². The molecule has 0 saturated heterocycles. The molecule has 5 heteroatoms. The maximum Gasteiger partial charge on any atom is 0.336 e. The Morgan fingerprint density at radius 3 is 2.33 bits per heavy atom. The second kappa shape index (κ2) is 10.7. The molecule has 0 fully saturated rings. The molecule has 4 aromatic carbocycles. The van der Waals surface area contributed by atoms with Crippen molar-refractivity contribution in [1.82, 2.24) is 9.88 Å². The van der Waals surface area contributed by atoms with Crippen LogP contribution in [0, 0.1) is 25.2 Å². The SMILES string of the molecule is C=C(NCc1ccc(C#N)cc1)c1ccc2c(c1)c(C)c(C)n2Cc1ccc(-c2ccccc2C(=O)O)cc1. The summed E-state index contributed by atoms with van der Waals surface area (Å²) in [4.78, 5) is 11.6. The van der Waals surface area contributed by atoms with Crippen LogP contribution in [0.25, 0.3) is 27.7 Å². The third kappa shape index (κ3) is 5.18. The zero-order valence-corrected chi connectivity index (χ0v) is 22.0. The van der Waals surface area contributed by atoms with Gasteiger partial charge in [-0.3, -0.25) is 0 Å². The summed E-state index contributed by atoms with van der Waals surface area (Å²) in [5.74, 6) is -0.925. The minimum absolute atomic E-state index is 0.303. The van der Waals surface area contributed by atoms with Gasteiger partial charge in [-0.05, 0) is 77.6 Å². The highest BCUT2D eigenvalue weighted by molar-refractivity contribution is 5.96. The smallest absolute Gasteiger partial charge is 0.336 e. The first kappa shape index (κ1) is 25.6. The van der Waals surface area contributed by atoms with Crippen LogP contribution >= 0.6 is 0 Å². The maximum absolute atomic E-state index is 11.6. The lowest BCUT2D eigenvalue weighted by Gasteiger charge is -2.12. The number of carboxylic acids is 1. The van der Waals surface area contributed by atoms with E-state index in [9.17, 15) is 9.90 Å². The Hall–Kier alpha value is -5.08. The normalized spacial score (nSPS) is 10.8. The molecule has 0 radical (unpaired) electrons. The van der Waals surface area contributed by atoms with E-state index in [0.717, 1.165) is 39.0 Å². The van der Waals surface area contributed by atoms with E-state index in [1.807, 2.05) is 48.5 Å². The highest BCUT2D eigenvalue weighted by Crippen LogP contribution is 2.30. The molecule has 0 atom stereocenters. The number of hydrogen-bond acceptors (Lipinski definition) is 3. The van der Waals surface area contributed by atoms with Gasteiger partial charge in [0.2, 0.25) is 0 Å². The number of carboxylic acid groups (broad SMARTS) is 1. The first-order valence-corrected chi connectivity index (χ1v) is 12.8. The molecule has 5 nitrogen and oxygen atoms in total. The molecule has 2 N–H and O–H groups in total. The Balaban J connectivity index is 1.35. The maximum atomic E-state index is 11.6. The van der Waals surface area contributed by atoms with Crippen LogP contribution in [0.3, 0.4) is 0 Å². The molecule has 0 aliphatic rings. The van der Waals surface area contributed by atoms with Crippen molar-refractivity contribution in [3.8, 4) is 17.2 Å². The number of benzene rings is 4. The fraction of sp³-hybridized carbons (Fsp3) is 0.118. The van der Waals surface area contributed by atoms with Crippen molar-refractivity contribution in [3.63, 3.8) is 0 Å². The highest BCUT2D eigenvalue weighted by Gasteiger charge is 2.14. The molecular formula is C34H29N3O2. The summed E-state index contributed by atoms with van der Waals surface area (Å²) >= 11 is 0. The number of fused-ring (bicyclic) bond motifs is 1. The standard InChI is InChI=1S/C34H29N3O2/c1-22-24(3)37(21-27-12-14-28(15-13-27)30-6-4-5-7-31(30)34(38)39)33-17-16-29(18-32(22)33)23(2)36-20-26-10-8-25(19-35)9-11-26/h4-18,36H,2,20-21H2,1,3H3,(H,38,39). The van der Waals surface area contributed by atoms with E-state index in [1.165, 1.54) is 16.6 Å². The molecule has 39 heavy (non-hydrogen) atoms. The Bertz CT molecular complexity index is 1740. The van der Waals surface area contributed by atoms with Crippen LogP contribution in [0.4, 0.5) is 0 Å². The van der Waals surface area contributed by atoms with Crippen molar-refractivity contribution >= 4 is 22.6 Å². The molecule has 0 spiro atoms. The third-order valence-corrected chi connectivity index (χ3v) is 7.34. The average Bonchev–Trinajstić information content (AvgIpc) is 3.20. The zero-order valence-electron chi connectivity index (χ0n) is 22.0. The minimum Gasteiger partial charge on any atom is -0.478 e. The molecule has 0 amide bonds. The number of hydrogen-bond donors (Lipinski definition) is 2. The van der Waals surface area contributed by atoms with Gasteiger partial charge < -0.3 is 15.0 Å². The predicted molar refractivity (Wildman–Crippen MR) is 156 cm³/mol. The summed E-state index contributed by atoms with van der Waals surface area (Å²) in [6.07, 6.45) is 0. The second-order valence-corrected chi connectivity index (χ2v) is 9.72. The van der Waals surface area contributed by atoms with Crippen molar-refractivity contribution in [2.45, 2.75) is 26.9 Å². The fourth-order valence-corrected chi connectivity index (χ4v) is 4.94. The van der Waals surface area contributed by atoms with Crippen molar-refractivity contribution in [3.05, 3.63) is 137 Å². The van der Waals surface area contributed by atoms with E-state index in [1.54, 1.807) is 12.1 Å². The van der Waals surface area contributed by atoms with Gasteiger partial charge in [0, 0.05) is 35.4 Å². The predicted octanol–water partition coefficient (Wildman–Crippen LogP) is 7.30. The second-order valence-electron chi connectivity index (χ2n) is 9.72. The molecule has 0 aliphatic carbocycles. The van der Waals surface area contributed by atoms with Gasteiger partial charge in [-0.25, -0.2) is 4.79 Å². The number of nitrogens with zero attached hydrogens (tertiary/aromatic N) is 2. The number of nitriles is 1. The van der Waals surface area contributed by atoms with Crippen LogP contribution in [-0.2, 0) is 13.1 Å². The monoisotopic (exact) mass is 511 g/mol. The number of rotatable bonds is 8. The Kier molecular flexibility index (Phi) is 7.03. The first-order chi connectivity index (χ1) is 18.9. The van der Waals surface area contributed by atoms with E-state index in [0.29, 0.717) is 24.2 Å². The van der Waals surface area contributed by atoms with Crippen molar-refractivity contribution in [2.24, 2.45) is 0 Å². The molecule has 0 aliphatic heterocycles. The lowest BCUT2D eigenvalue weighted by molar-refractivity contribution is 0.0697. The van der Waals surface area contributed by atoms with Crippen molar-refractivity contribution in [1.29, 1.82) is 5.26 Å². The summed E-state index contributed by atoms with van der Waals surface area (Å²) in [6.45, 7) is 9.89. The van der Waals surface area contributed by atoms with Gasteiger partial charge in [0.1, 0.15) is 0 Å².